The standard InChI is InChI=1S/C14H19ClN2O3/c1-10-11(15)5-3-6-12(10)17-14(19)9-13(18)16-7-4-8-20-2/h3,5-6H,4,7-9H2,1-2H3,(H,16,18)(H,17,19). The molecule has 0 saturated carbocycles. The van der Waals surface area contributed by atoms with Gasteiger partial charge in [0.25, 0.3) is 0 Å². The first-order valence-corrected chi connectivity index (χ1v) is 6.73. The smallest absolute Gasteiger partial charge is 0.233 e. The molecule has 1 rings (SSSR count). The molecule has 2 amide bonds. The fraction of sp³-hybridized carbons (Fsp3) is 0.429. The number of carbonyl (C=O) groups is 2. The van der Waals surface area contributed by atoms with Gasteiger partial charge in [-0.3, -0.25) is 9.59 Å². The number of ether oxygens (including phenoxy) is 1. The first kappa shape index (κ1) is 16.5. The third-order valence-electron chi connectivity index (χ3n) is 2.71. The van der Waals surface area contributed by atoms with Gasteiger partial charge in [-0.2, -0.15) is 0 Å². The third-order valence-corrected chi connectivity index (χ3v) is 3.12. The van der Waals surface area contributed by atoms with E-state index in [4.69, 9.17) is 16.3 Å². The number of hydrogen-bond donors (Lipinski definition) is 2. The van der Waals surface area contributed by atoms with E-state index in [1.165, 1.54) is 0 Å². The van der Waals surface area contributed by atoms with Gasteiger partial charge < -0.3 is 15.4 Å². The highest BCUT2D eigenvalue weighted by Gasteiger charge is 2.11. The molecule has 0 spiro atoms. The first-order chi connectivity index (χ1) is 9.54. The lowest BCUT2D eigenvalue weighted by molar-refractivity contribution is -0.126. The van der Waals surface area contributed by atoms with Gasteiger partial charge in [0.05, 0.1) is 0 Å². The highest BCUT2D eigenvalue weighted by atomic mass is 35.5. The second kappa shape index (κ2) is 8.55. The number of amides is 2. The first-order valence-electron chi connectivity index (χ1n) is 6.35. The largest absolute Gasteiger partial charge is 0.385 e. The van der Waals surface area contributed by atoms with Crippen LogP contribution in [-0.2, 0) is 14.3 Å². The zero-order valence-electron chi connectivity index (χ0n) is 11.7. The van der Waals surface area contributed by atoms with Crippen molar-refractivity contribution in [2.45, 2.75) is 19.8 Å². The summed E-state index contributed by atoms with van der Waals surface area (Å²) in [6, 6.07) is 5.24. The molecule has 0 saturated heterocycles. The summed E-state index contributed by atoms with van der Waals surface area (Å²) >= 11 is 5.96. The van der Waals surface area contributed by atoms with Crippen LogP contribution in [0.15, 0.2) is 18.2 Å². The zero-order chi connectivity index (χ0) is 15.0. The highest BCUT2D eigenvalue weighted by molar-refractivity contribution is 6.31. The Balaban J connectivity index is 2.39. The van der Waals surface area contributed by atoms with E-state index >= 15 is 0 Å². The number of hydrogen-bond acceptors (Lipinski definition) is 3. The number of halogens is 1. The van der Waals surface area contributed by atoms with Gasteiger partial charge in [-0.05, 0) is 31.0 Å². The van der Waals surface area contributed by atoms with Crippen molar-refractivity contribution in [2.24, 2.45) is 0 Å². The Bertz CT molecular complexity index is 477. The van der Waals surface area contributed by atoms with Crippen LogP contribution in [0, 0.1) is 6.92 Å². The highest BCUT2D eigenvalue weighted by Crippen LogP contribution is 2.22. The van der Waals surface area contributed by atoms with Gasteiger partial charge in [-0.1, -0.05) is 17.7 Å². The summed E-state index contributed by atoms with van der Waals surface area (Å²) in [5.74, 6) is -0.669. The van der Waals surface area contributed by atoms with Gasteiger partial charge in [0.2, 0.25) is 11.8 Å². The number of benzene rings is 1. The molecule has 6 heteroatoms. The lowest BCUT2D eigenvalue weighted by Gasteiger charge is -2.09. The second-order valence-corrected chi connectivity index (χ2v) is 4.74. The Morgan fingerprint density at radius 2 is 2.05 bits per heavy atom. The molecule has 0 aliphatic heterocycles. The number of anilines is 1. The summed E-state index contributed by atoms with van der Waals surface area (Å²) in [5.41, 5.74) is 1.40. The van der Waals surface area contributed by atoms with Crippen LogP contribution < -0.4 is 10.6 Å². The van der Waals surface area contributed by atoms with Crippen molar-refractivity contribution in [3.8, 4) is 0 Å². The van der Waals surface area contributed by atoms with Gasteiger partial charge in [0.15, 0.2) is 0 Å². The Morgan fingerprint density at radius 3 is 2.75 bits per heavy atom. The van der Waals surface area contributed by atoms with Crippen molar-refractivity contribution in [3.63, 3.8) is 0 Å². The van der Waals surface area contributed by atoms with E-state index in [1.807, 2.05) is 6.92 Å². The molecule has 0 atom stereocenters. The zero-order valence-corrected chi connectivity index (χ0v) is 12.4. The van der Waals surface area contributed by atoms with E-state index in [-0.39, 0.29) is 18.2 Å². The van der Waals surface area contributed by atoms with Crippen LogP contribution in [0.1, 0.15) is 18.4 Å². The van der Waals surface area contributed by atoms with Crippen molar-refractivity contribution in [2.75, 3.05) is 25.6 Å². The van der Waals surface area contributed by atoms with Gasteiger partial charge in [0.1, 0.15) is 6.42 Å². The molecule has 5 nitrogen and oxygen atoms in total. The maximum absolute atomic E-state index is 11.7. The van der Waals surface area contributed by atoms with Gasteiger partial charge in [0, 0.05) is 31.0 Å². The molecular weight excluding hydrogens is 280 g/mol. The van der Waals surface area contributed by atoms with Crippen molar-refractivity contribution < 1.29 is 14.3 Å². The Morgan fingerprint density at radius 1 is 1.30 bits per heavy atom. The van der Waals surface area contributed by atoms with Gasteiger partial charge >= 0.3 is 0 Å². The molecule has 0 aliphatic carbocycles. The molecule has 110 valence electrons. The SMILES string of the molecule is COCCCNC(=O)CC(=O)Nc1cccc(Cl)c1C. The number of methoxy groups -OCH3 is 1. The Hall–Kier alpha value is -1.59. The molecule has 1 aromatic rings. The quantitative estimate of drug-likeness (QED) is 0.598. The fourth-order valence-corrected chi connectivity index (χ4v) is 1.76. The van der Waals surface area contributed by atoms with E-state index in [0.717, 1.165) is 12.0 Å². The molecule has 0 fully saturated rings. The summed E-state index contributed by atoms with van der Waals surface area (Å²) in [7, 11) is 1.60. The molecule has 0 bridgehead atoms. The van der Waals surface area contributed by atoms with Crippen molar-refractivity contribution >= 4 is 29.1 Å². The summed E-state index contributed by atoms with van der Waals surface area (Å²) in [6.45, 7) is 2.88. The van der Waals surface area contributed by atoms with Gasteiger partial charge in [-0.15, -0.1) is 0 Å². The van der Waals surface area contributed by atoms with Crippen molar-refractivity contribution in [3.05, 3.63) is 28.8 Å². The molecule has 0 heterocycles. The van der Waals surface area contributed by atoms with Crippen molar-refractivity contribution in [1.29, 1.82) is 0 Å². The molecule has 1 aromatic carbocycles. The maximum atomic E-state index is 11.7. The fourth-order valence-electron chi connectivity index (χ4n) is 1.59. The van der Waals surface area contributed by atoms with Crippen LogP contribution in [0.5, 0.6) is 0 Å². The minimum absolute atomic E-state index is 0.209. The number of carbonyl (C=O) groups excluding carboxylic acids is 2. The van der Waals surface area contributed by atoms with Crippen molar-refractivity contribution in [1.82, 2.24) is 5.32 Å². The van der Waals surface area contributed by atoms with E-state index in [1.54, 1.807) is 25.3 Å². The monoisotopic (exact) mass is 298 g/mol. The Labute approximate surface area is 123 Å². The Kier molecular flexibility index (Phi) is 7.04. The summed E-state index contributed by atoms with van der Waals surface area (Å²) in [4.78, 5) is 23.3. The average Bonchev–Trinajstić information content (AvgIpc) is 2.40. The van der Waals surface area contributed by atoms with E-state index in [0.29, 0.717) is 23.9 Å². The molecule has 0 aliphatic rings. The van der Waals surface area contributed by atoms with Crippen LogP contribution in [0.25, 0.3) is 0 Å². The number of nitrogens with one attached hydrogen (secondary N) is 2. The summed E-state index contributed by atoms with van der Waals surface area (Å²) < 4.78 is 4.87. The number of rotatable bonds is 7. The predicted molar refractivity (Wildman–Crippen MR) is 78.9 cm³/mol. The normalized spacial score (nSPS) is 10.2. The molecule has 0 unspecified atom stereocenters. The lowest BCUT2D eigenvalue weighted by atomic mass is 10.2. The minimum Gasteiger partial charge on any atom is -0.385 e. The topological polar surface area (TPSA) is 67.4 Å². The van der Waals surface area contributed by atoms with E-state index < -0.39 is 0 Å². The second-order valence-electron chi connectivity index (χ2n) is 4.33. The maximum Gasteiger partial charge on any atom is 0.233 e. The van der Waals surface area contributed by atoms with Gasteiger partial charge in [-0.25, -0.2) is 0 Å². The van der Waals surface area contributed by atoms with Crippen LogP contribution in [0.4, 0.5) is 5.69 Å². The third kappa shape index (κ3) is 5.59. The average molecular weight is 299 g/mol. The van der Waals surface area contributed by atoms with Crippen LogP contribution in [0.3, 0.4) is 0 Å². The van der Waals surface area contributed by atoms with Crippen LogP contribution in [-0.4, -0.2) is 32.1 Å². The minimum atomic E-state index is -0.361. The molecule has 0 aromatic heterocycles. The molecule has 20 heavy (non-hydrogen) atoms. The molecular formula is C14H19ClN2O3. The summed E-state index contributed by atoms with van der Waals surface area (Å²) in [5, 5.41) is 5.90. The van der Waals surface area contributed by atoms with E-state index in [9.17, 15) is 9.59 Å². The molecule has 2 N–H and O–H groups in total. The lowest BCUT2D eigenvalue weighted by Crippen LogP contribution is -2.29. The predicted octanol–water partition coefficient (Wildman–Crippen LogP) is 2.13. The van der Waals surface area contributed by atoms with E-state index in [2.05, 4.69) is 10.6 Å². The molecule has 0 radical (unpaired) electrons. The van der Waals surface area contributed by atoms with Crippen LogP contribution >= 0.6 is 11.6 Å². The summed E-state index contributed by atoms with van der Waals surface area (Å²) in [6.07, 6.45) is 0.510. The van der Waals surface area contributed by atoms with Crippen LogP contribution in [0.2, 0.25) is 5.02 Å².